The van der Waals surface area contributed by atoms with Crippen LogP contribution in [0.2, 0.25) is 0 Å². The number of aromatic nitrogens is 6. The van der Waals surface area contributed by atoms with Gasteiger partial charge in [-0.1, -0.05) is 0 Å². The Bertz CT molecular complexity index is 786. The maximum atomic E-state index is 4.48. The molecule has 3 rings (SSSR count). The maximum Gasteiger partial charge on any atom is 0.252 e. The largest absolute Gasteiger partial charge is 0.370 e. The molecule has 0 aliphatic heterocycles. The number of fused-ring (bicyclic) bond motifs is 1. The van der Waals surface area contributed by atoms with Gasteiger partial charge in [0.25, 0.3) is 5.95 Å². The van der Waals surface area contributed by atoms with Crippen LogP contribution >= 0.6 is 0 Å². The van der Waals surface area contributed by atoms with Gasteiger partial charge in [-0.3, -0.25) is 0 Å². The maximum absolute atomic E-state index is 4.48. The lowest BCUT2D eigenvalue weighted by Gasteiger charge is -2.06. The molecule has 3 aromatic rings. The number of hydrogen-bond donors (Lipinski definition) is 1. The molecule has 0 atom stereocenters. The minimum atomic E-state index is 0.531. The summed E-state index contributed by atoms with van der Waals surface area (Å²) in [4.78, 5) is 17.8. The molecule has 3 aromatic heterocycles. The van der Waals surface area contributed by atoms with Crippen LogP contribution in [0.3, 0.4) is 0 Å². The molecule has 108 valence electrons. The number of hydrogen-bond acceptors (Lipinski definition) is 6. The van der Waals surface area contributed by atoms with Crippen LogP contribution in [-0.2, 0) is 0 Å². The first kappa shape index (κ1) is 13.4. The van der Waals surface area contributed by atoms with E-state index in [0.717, 1.165) is 29.1 Å². The summed E-state index contributed by atoms with van der Waals surface area (Å²) in [5.74, 6) is 2.00. The summed E-state index contributed by atoms with van der Waals surface area (Å²) in [5, 5.41) is 8.48. The highest BCUT2D eigenvalue weighted by atomic mass is 15.4. The fourth-order valence-corrected chi connectivity index (χ4v) is 2.27. The Hall–Kier alpha value is -2.57. The van der Waals surface area contributed by atoms with Gasteiger partial charge in [0.2, 0.25) is 0 Å². The second kappa shape index (κ2) is 5.08. The topological polar surface area (TPSA) is 81.4 Å². The quantitative estimate of drug-likeness (QED) is 0.791. The number of anilines is 1. The highest BCUT2D eigenvalue weighted by Crippen LogP contribution is 2.21. The summed E-state index contributed by atoms with van der Waals surface area (Å²) >= 11 is 0. The number of rotatable bonds is 3. The molecule has 0 aromatic carbocycles. The van der Waals surface area contributed by atoms with Crippen molar-refractivity contribution in [3.63, 3.8) is 0 Å². The van der Waals surface area contributed by atoms with Gasteiger partial charge in [-0.15, -0.1) is 0 Å². The van der Waals surface area contributed by atoms with Gasteiger partial charge in [0.05, 0.1) is 11.6 Å². The number of nitrogens with one attached hydrogen (secondary N) is 1. The van der Waals surface area contributed by atoms with E-state index >= 15 is 0 Å². The summed E-state index contributed by atoms with van der Waals surface area (Å²) in [5.41, 5.74) is 2.51. The summed E-state index contributed by atoms with van der Waals surface area (Å²) in [6.07, 6.45) is 1.74. The second-order valence-electron chi connectivity index (χ2n) is 4.89. The smallest absolute Gasteiger partial charge is 0.252 e. The molecule has 0 saturated heterocycles. The van der Waals surface area contributed by atoms with E-state index in [-0.39, 0.29) is 0 Å². The zero-order chi connectivity index (χ0) is 15.0. The van der Waals surface area contributed by atoms with Crippen LogP contribution in [0.25, 0.3) is 17.0 Å². The van der Waals surface area contributed by atoms with E-state index in [2.05, 4.69) is 30.4 Å². The predicted molar refractivity (Wildman–Crippen MR) is 80.6 cm³/mol. The first-order chi connectivity index (χ1) is 10.1. The van der Waals surface area contributed by atoms with Gasteiger partial charge in [0.1, 0.15) is 11.6 Å². The highest BCUT2D eigenvalue weighted by molar-refractivity contribution is 5.87. The molecular formula is C14H17N7. The van der Waals surface area contributed by atoms with Gasteiger partial charge in [-0.25, -0.2) is 19.9 Å². The fourth-order valence-electron chi connectivity index (χ4n) is 2.27. The van der Waals surface area contributed by atoms with E-state index < -0.39 is 0 Å². The number of aryl methyl sites for hydroxylation is 3. The van der Waals surface area contributed by atoms with Crippen LogP contribution in [0, 0.1) is 20.8 Å². The molecule has 7 nitrogen and oxygen atoms in total. The monoisotopic (exact) mass is 283 g/mol. The van der Waals surface area contributed by atoms with Crippen LogP contribution in [-0.4, -0.2) is 36.3 Å². The molecule has 0 amide bonds. The van der Waals surface area contributed by atoms with Gasteiger partial charge in [-0.2, -0.15) is 9.78 Å². The van der Waals surface area contributed by atoms with E-state index in [1.54, 1.807) is 10.9 Å². The third kappa shape index (κ3) is 2.42. The highest BCUT2D eigenvalue weighted by Gasteiger charge is 2.14. The summed E-state index contributed by atoms with van der Waals surface area (Å²) < 4.78 is 1.66. The van der Waals surface area contributed by atoms with Crippen molar-refractivity contribution >= 4 is 16.9 Å². The van der Waals surface area contributed by atoms with E-state index in [9.17, 15) is 0 Å². The summed E-state index contributed by atoms with van der Waals surface area (Å²) in [6.45, 7) is 8.56. The van der Waals surface area contributed by atoms with E-state index in [4.69, 9.17) is 0 Å². The molecule has 0 unspecified atom stereocenters. The first-order valence-electron chi connectivity index (χ1n) is 6.87. The molecule has 0 fully saturated rings. The van der Waals surface area contributed by atoms with Crippen LogP contribution in [0.15, 0.2) is 12.3 Å². The average molecular weight is 283 g/mol. The van der Waals surface area contributed by atoms with Crippen molar-refractivity contribution in [3.05, 3.63) is 29.5 Å². The first-order valence-corrected chi connectivity index (χ1v) is 6.87. The Morgan fingerprint density at radius 2 is 1.76 bits per heavy atom. The molecule has 0 aliphatic rings. The number of nitrogens with zero attached hydrogens (tertiary/aromatic N) is 6. The van der Waals surface area contributed by atoms with Crippen molar-refractivity contribution in [1.29, 1.82) is 0 Å². The summed E-state index contributed by atoms with van der Waals surface area (Å²) in [6, 6.07) is 1.93. The van der Waals surface area contributed by atoms with Crippen molar-refractivity contribution in [1.82, 2.24) is 29.7 Å². The molecular weight excluding hydrogens is 266 g/mol. The van der Waals surface area contributed by atoms with Crippen molar-refractivity contribution in [2.45, 2.75) is 27.7 Å². The van der Waals surface area contributed by atoms with E-state index in [0.29, 0.717) is 17.4 Å². The Labute approximate surface area is 122 Å². The van der Waals surface area contributed by atoms with Gasteiger partial charge < -0.3 is 5.32 Å². The van der Waals surface area contributed by atoms with Crippen molar-refractivity contribution in [3.8, 4) is 5.95 Å². The lowest BCUT2D eigenvalue weighted by atomic mass is 10.3. The molecule has 0 bridgehead atoms. The Balaban J connectivity index is 2.24. The van der Waals surface area contributed by atoms with E-state index in [1.807, 2.05) is 33.8 Å². The van der Waals surface area contributed by atoms with Crippen molar-refractivity contribution in [2.75, 3.05) is 11.9 Å². The zero-order valence-corrected chi connectivity index (χ0v) is 12.5. The van der Waals surface area contributed by atoms with Crippen LogP contribution in [0.4, 0.5) is 5.82 Å². The fraction of sp³-hybridized carbons (Fsp3) is 0.357. The lowest BCUT2D eigenvalue weighted by Crippen LogP contribution is -2.07. The zero-order valence-electron chi connectivity index (χ0n) is 12.5. The standard InChI is InChI=1S/C14H17N7/c1-5-15-12-11-7-16-21(13(11)20-10(4)19-12)14-17-8(2)6-9(3)18-14/h6-7H,5H2,1-4H3,(H,15,19,20). The van der Waals surface area contributed by atoms with Gasteiger partial charge in [0, 0.05) is 17.9 Å². The second-order valence-corrected chi connectivity index (χ2v) is 4.89. The molecule has 21 heavy (non-hydrogen) atoms. The van der Waals surface area contributed by atoms with Gasteiger partial charge in [0.15, 0.2) is 5.65 Å². The third-order valence-electron chi connectivity index (χ3n) is 3.04. The molecule has 0 saturated carbocycles. The van der Waals surface area contributed by atoms with Crippen LogP contribution in [0.5, 0.6) is 0 Å². The molecule has 7 heteroatoms. The van der Waals surface area contributed by atoms with Crippen LogP contribution < -0.4 is 5.32 Å². The lowest BCUT2D eigenvalue weighted by molar-refractivity contribution is 0.805. The van der Waals surface area contributed by atoms with Gasteiger partial charge in [-0.05, 0) is 33.8 Å². The Kier molecular flexibility index (Phi) is 3.25. The van der Waals surface area contributed by atoms with Crippen LogP contribution in [0.1, 0.15) is 24.1 Å². The normalized spacial score (nSPS) is 11.0. The minimum Gasteiger partial charge on any atom is -0.370 e. The average Bonchev–Trinajstić information content (AvgIpc) is 2.81. The predicted octanol–water partition coefficient (Wildman–Crippen LogP) is 1.96. The molecule has 0 aliphatic carbocycles. The van der Waals surface area contributed by atoms with Crippen molar-refractivity contribution in [2.24, 2.45) is 0 Å². The third-order valence-corrected chi connectivity index (χ3v) is 3.04. The molecule has 0 radical (unpaired) electrons. The molecule has 1 N–H and O–H groups in total. The SMILES string of the molecule is CCNc1nc(C)nc2c1cnn2-c1nc(C)cc(C)n1. The summed E-state index contributed by atoms with van der Waals surface area (Å²) in [7, 11) is 0. The van der Waals surface area contributed by atoms with Crippen molar-refractivity contribution < 1.29 is 0 Å². The van der Waals surface area contributed by atoms with Gasteiger partial charge >= 0.3 is 0 Å². The minimum absolute atomic E-state index is 0.531. The Morgan fingerprint density at radius 1 is 1.05 bits per heavy atom. The van der Waals surface area contributed by atoms with E-state index in [1.165, 1.54) is 0 Å². The Morgan fingerprint density at radius 3 is 2.43 bits per heavy atom. The molecule has 3 heterocycles. The molecule has 0 spiro atoms.